The van der Waals surface area contributed by atoms with Crippen LogP contribution in [0.15, 0.2) is 72.8 Å². The van der Waals surface area contributed by atoms with Crippen molar-refractivity contribution in [2.45, 2.75) is 31.9 Å². The minimum absolute atomic E-state index is 0.112. The number of esters is 1. The number of alkyl halides is 3. The summed E-state index contributed by atoms with van der Waals surface area (Å²) in [5.74, 6) is -4.59. The summed E-state index contributed by atoms with van der Waals surface area (Å²) in [5, 5.41) is 0. The summed E-state index contributed by atoms with van der Waals surface area (Å²) in [6, 6.07) is 16.8. The molecule has 0 aliphatic rings. The number of amides is 1. The van der Waals surface area contributed by atoms with Crippen LogP contribution in [-0.4, -0.2) is 30.1 Å². The Morgan fingerprint density at radius 1 is 0.806 bits per heavy atom. The van der Waals surface area contributed by atoms with Crippen LogP contribution in [0.25, 0.3) is 0 Å². The van der Waals surface area contributed by atoms with Crippen LogP contribution >= 0.6 is 0 Å². The van der Waals surface area contributed by atoms with Gasteiger partial charge in [0.05, 0.1) is 0 Å². The quantitative estimate of drug-likeness (QED) is 0.281. The molecule has 36 heavy (non-hydrogen) atoms. The number of ether oxygens (including phenoxy) is 2. The van der Waals surface area contributed by atoms with Crippen molar-refractivity contribution in [3.8, 4) is 0 Å². The SMILES string of the molecule is CN(C(=O)OCc1ccccc1)C(Cc1cc(F)c(C(F)(F)F)c(F)c1)C(=O)OCc1ccccc1. The van der Waals surface area contributed by atoms with Crippen molar-refractivity contribution < 1.29 is 41.0 Å². The number of nitrogens with zero attached hydrogens (tertiary/aromatic N) is 1. The molecule has 3 aromatic carbocycles. The monoisotopic (exact) mass is 507 g/mol. The van der Waals surface area contributed by atoms with E-state index in [1.165, 1.54) is 7.05 Å². The highest BCUT2D eigenvalue weighted by Crippen LogP contribution is 2.34. The molecule has 3 aromatic rings. The van der Waals surface area contributed by atoms with Crippen LogP contribution in [0.2, 0.25) is 0 Å². The molecule has 5 nitrogen and oxygen atoms in total. The van der Waals surface area contributed by atoms with Crippen LogP contribution in [0.4, 0.5) is 26.7 Å². The van der Waals surface area contributed by atoms with Gasteiger partial charge < -0.3 is 9.47 Å². The fraction of sp³-hybridized carbons (Fsp3) is 0.231. The number of rotatable bonds is 8. The molecule has 0 radical (unpaired) electrons. The summed E-state index contributed by atoms with van der Waals surface area (Å²) in [6.45, 7) is -0.266. The molecule has 0 aliphatic heterocycles. The molecule has 0 aromatic heterocycles. The van der Waals surface area contributed by atoms with Gasteiger partial charge in [-0.1, -0.05) is 60.7 Å². The Labute approximate surface area is 204 Å². The Hall–Kier alpha value is -3.95. The first-order valence-corrected chi connectivity index (χ1v) is 10.8. The Balaban J connectivity index is 1.81. The van der Waals surface area contributed by atoms with Crippen LogP contribution in [0.1, 0.15) is 22.3 Å². The van der Waals surface area contributed by atoms with Gasteiger partial charge in [-0.25, -0.2) is 18.4 Å². The third-order valence-electron chi connectivity index (χ3n) is 5.27. The first-order valence-electron chi connectivity index (χ1n) is 10.8. The first kappa shape index (κ1) is 26.7. The van der Waals surface area contributed by atoms with Crippen molar-refractivity contribution in [2.24, 2.45) is 0 Å². The van der Waals surface area contributed by atoms with E-state index in [0.717, 1.165) is 4.90 Å². The summed E-state index contributed by atoms with van der Waals surface area (Å²) >= 11 is 0. The zero-order valence-corrected chi connectivity index (χ0v) is 19.1. The summed E-state index contributed by atoms with van der Waals surface area (Å²) in [5.41, 5.74) is -0.993. The van der Waals surface area contributed by atoms with Crippen molar-refractivity contribution in [1.82, 2.24) is 4.90 Å². The molecule has 0 bridgehead atoms. The Bertz CT molecular complexity index is 1160. The van der Waals surface area contributed by atoms with Gasteiger partial charge >= 0.3 is 18.2 Å². The topological polar surface area (TPSA) is 55.8 Å². The molecule has 0 N–H and O–H groups in total. The van der Waals surface area contributed by atoms with E-state index in [9.17, 15) is 31.5 Å². The average Bonchev–Trinajstić information content (AvgIpc) is 2.84. The Kier molecular flexibility index (Phi) is 8.63. The number of hydrogen-bond acceptors (Lipinski definition) is 4. The van der Waals surface area contributed by atoms with Gasteiger partial charge in [0, 0.05) is 13.5 Å². The maximum atomic E-state index is 14.1. The third kappa shape index (κ3) is 7.03. The Morgan fingerprint density at radius 2 is 1.28 bits per heavy atom. The van der Waals surface area contributed by atoms with Crippen LogP contribution in [-0.2, 0) is 40.1 Å². The standard InChI is InChI=1S/C26H22F5NO4/c1-32(25(34)36-16-18-10-6-3-7-11-18)22(24(33)35-15-17-8-4-2-5-9-17)14-19-12-20(27)23(21(28)13-19)26(29,30)31/h2-13,22H,14-16H2,1H3. The van der Waals surface area contributed by atoms with E-state index in [1.807, 2.05) is 0 Å². The molecule has 0 fully saturated rings. The number of likely N-dealkylation sites (N-methyl/N-ethyl adjacent to an activating group) is 1. The third-order valence-corrected chi connectivity index (χ3v) is 5.27. The van der Waals surface area contributed by atoms with E-state index in [-0.39, 0.29) is 18.8 Å². The fourth-order valence-electron chi connectivity index (χ4n) is 3.39. The second kappa shape index (κ2) is 11.7. The van der Waals surface area contributed by atoms with Crippen LogP contribution < -0.4 is 0 Å². The van der Waals surface area contributed by atoms with E-state index in [0.29, 0.717) is 23.3 Å². The van der Waals surface area contributed by atoms with E-state index in [1.54, 1.807) is 60.7 Å². The molecule has 0 aliphatic carbocycles. The van der Waals surface area contributed by atoms with E-state index < -0.39 is 47.9 Å². The Morgan fingerprint density at radius 3 is 1.75 bits per heavy atom. The summed E-state index contributed by atoms with van der Waals surface area (Å²) in [6.07, 6.45) is -6.69. The lowest BCUT2D eigenvalue weighted by Gasteiger charge is -2.26. The number of carbonyl (C=O) groups excluding carboxylic acids is 2. The minimum Gasteiger partial charge on any atom is -0.459 e. The molecule has 0 saturated heterocycles. The maximum absolute atomic E-state index is 14.1. The van der Waals surface area contributed by atoms with Crippen LogP contribution in [0.3, 0.4) is 0 Å². The first-order chi connectivity index (χ1) is 17.1. The van der Waals surface area contributed by atoms with Crippen molar-refractivity contribution >= 4 is 12.1 Å². The van der Waals surface area contributed by atoms with Gasteiger partial charge in [-0.2, -0.15) is 13.2 Å². The van der Waals surface area contributed by atoms with Crippen LogP contribution in [0.5, 0.6) is 0 Å². The molecule has 10 heteroatoms. The molecule has 1 unspecified atom stereocenters. The van der Waals surface area contributed by atoms with Gasteiger partial charge in [-0.05, 0) is 28.8 Å². The smallest absolute Gasteiger partial charge is 0.422 e. The van der Waals surface area contributed by atoms with Gasteiger partial charge in [0.25, 0.3) is 0 Å². The normalized spacial score (nSPS) is 12.1. The van der Waals surface area contributed by atoms with Gasteiger partial charge in [0.15, 0.2) is 0 Å². The van der Waals surface area contributed by atoms with E-state index in [4.69, 9.17) is 9.47 Å². The van der Waals surface area contributed by atoms with Crippen molar-refractivity contribution in [3.05, 3.63) is 107 Å². The lowest BCUT2D eigenvalue weighted by Crippen LogP contribution is -2.45. The van der Waals surface area contributed by atoms with Crippen molar-refractivity contribution in [3.63, 3.8) is 0 Å². The molecular formula is C26H22F5NO4. The van der Waals surface area contributed by atoms with E-state index >= 15 is 0 Å². The lowest BCUT2D eigenvalue weighted by molar-refractivity contribution is -0.150. The van der Waals surface area contributed by atoms with Crippen LogP contribution in [0, 0.1) is 11.6 Å². The number of carbonyl (C=O) groups is 2. The molecule has 1 atom stereocenters. The van der Waals surface area contributed by atoms with Crippen molar-refractivity contribution in [2.75, 3.05) is 7.05 Å². The molecule has 190 valence electrons. The predicted octanol–water partition coefficient (Wildman–Crippen LogP) is 5.91. The number of hydrogen-bond donors (Lipinski definition) is 0. The van der Waals surface area contributed by atoms with Gasteiger partial charge in [-0.15, -0.1) is 0 Å². The number of halogens is 5. The zero-order chi connectivity index (χ0) is 26.3. The lowest BCUT2D eigenvalue weighted by atomic mass is 10.0. The largest absolute Gasteiger partial charge is 0.459 e. The highest BCUT2D eigenvalue weighted by molar-refractivity contribution is 5.81. The molecule has 3 rings (SSSR count). The molecule has 1 amide bonds. The van der Waals surface area contributed by atoms with E-state index in [2.05, 4.69) is 0 Å². The van der Waals surface area contributed by atoms with Gasteiger partial charge in [-0.3, -0.25) is 4.90 Å². The minimum atomic E-state index is -5.24. The summed E-state index contributed by atoms with van der Waals surface area (Å²) < 4.78 is 77.5. The maximum Gasteiger partial charge on any atom is 0.422 e. The highest BCUT2D eigenvalue weighted by Gasteiger charge is 2.38. The molecule has 0 spiro atoms. The van der Waals surface area contributed by atoms with Crippen molar-refractivity contribution in [1.29, 1.82) is 0 Å². The highest BCUT2D eigenvalue weighted by atomic mass is 19.4. The molecule has 0 saturated carbocycles. The second-order valence-corrected chi connectivity index (χ2v) is 7.90. The molecule has 0 heterocycles. The number of benzene rings is 3. The van der Waals surface area contributed by atoms with Gasteiger partial charge in [0.1, 0.15) is 36.5 Å². The molecular weight excluding hydrogens is 485 g/mol. The fourth-order valence-corrected chi connectivity index (χ4v) is 3.39. The summed E-state index contributed by atoms with van der Waals surface area (Å²) in [4.78, 5) is 26.4. The predicted molar refractivity (Wildman–Crippen MR) is 119 cm³/mol. The van der Waals surface area contributed by atoms with Gasteiger partial charge in [0.2, 0.25) is 0 Å². The second-order valence-electron chi connectivity index (χ2n) is 7.90. The average molecular weight is 507 g/mol. The summed E-state index contributed by atoms with van der Waals surface area (Å²) in [7, 11) is 1.22. The zero-order valence-electron chi connectivity index (χ0n) is 19.1.